The lowest BCUT2D eigenvalue weighted by molar-refractivity contribution is -0.143. The minimum Gasteiger partial charge on any atom is -0.468 e. The molecular weight excluding hydrogens is 314 g/mol. The Kier molecular flexibility index (Phi) is 6.11. The topological polar surface area (TPSA) is 63.0 Å². The van der Waals surface area contributed by atoms with Gasteiger partial charge in [0.15, 0.2) is 0 Å². The number of rotatable bonds is 6. The van der Waals surface area contributed by atoms with Crippen LogP contribution in [0.4, 0.5) is 0 Å². The number of methoxy groups -OCH3 is 1. The Morgan fingerprint density at radius 1 is 1.32 bits per heavy atom. The number of ether oxygens (including phenoxy) is 1. The van der Waals surface area contributed by atoms with Gasteiger partial charge in [0, 0.05) is 30.8 Å². The van der Waals surface area contributed by atoms with E-state index in [0.29, 0.717) is 6.42 Å². The van der Waals surface area contributed by atoms with Gasteiger partial charge in [0.2, 0.25) is 0 Å². The molecule has 25 heavy (non-hydrogen) atoms. The van der Waals surface area contributed by atoms with Crippen LogP contribution in [0.5, 0.6) is 0 Å². The molecule has 0 spiro atoms. The Balaban J connectivity index is 2.01. The van der Waals surface area contributed by atoms with Gasteiger partial charge in [-0.3, -0.25) is 20.1 Å². The fourth-order valence-corrected chi connectivity index (χ4v) is 2.93. The van der Waals surface area contributed by atoms with Crippen molar-refractivity contribution in [3.63, 3.8) is 0 Å². The van der Waals surface area contributed by atoms with Crippen molar-refractivity contribution in [2.45, 2.75) is 63.7 Å². The zero-order valence-corrected chi connectivity index (χ0v) is 15.8. The Morgan fingerprint density at radius 2 is 2.00 bits per heavy atom. The third-order valence-corrected chi connectivity index (χ3v) is 4.06. The summed E-state index contributed by atoms with van der Waals surface area (Å²) in [6.07, 6.45) is 5.12. The van der Waals surface area contributed by atoms with E-state index in [4.69, 9.17) is 9.73 Å². The quantitative estimate of drug-likeness (QED) is 0.808. The van der Waals surface area contributed by atoms with Gasteiger partial charge in [0.25, 0.3) is 0 Å². The number of aliphatic imine (C=N–C) groups is 2. The lowest BCUT2D eigenvalue weighted by Gasteiger charge is -2.30. The Hall–Kier alpha value is -2.01. The van der Waals surface area contributed by atoms with Crippen molar-refractivity contribution in [3.05, 3.63) is 35.9 Å². The van der Waals surface area contributed by atoms with E-state index in [1.165, 1.54) is 12.7 Å². The second-order valence-electron chi connectivity index (χ2n) is 7.85. The molecule has 3 atom stereocenters. The maximum atomic E-state index is 12.1. The van der Waals surface area contributed by atoms with Gasteiger partial charge in [-0.05, 0) is 33.3 Å². The Bertz CT molecular complexity index is 618. The molecule has 5 heteroatoms. The number of nitrogens with one attached hydrogen (secondary N) is 1. The standard InChI is InChI=1S/C20H29N3O2/c1-19(2,3)23-17(18(24)25-5)11-16-13-22-20(4,14-21-16)12-15-9-7-6-8-10-15/h6-10,13-14,16-17,23H,11-12H2,1-5H3. The number of carbonyl (C=O) groups excluding carboxylic acids is 1. The number of hydrogen-bond donors (Lipinski definition) is 1. The molecule has 3 unspecified atom stereocenters. The molecule has 0 aliphatic carbocycles. The zero-order chi connectivity index (χ0) is 18.5. The van der Waals surface area contributed by atoms with Gasteiger partial charge in [-0.15, -0.1) is 0 Å². The Morgan fingerprint density at radius 3 is 2.52 bits per heavy atom. The minimum absolute atomic E-state index is 0.122. The van der Waals surface area contributed by atoms with Gasteiger partial charge >= 0.3 is 5.97 Å². The van der Waals surface area contributed by atoms with Crippen LogP contribution in [0.15, 0.2) is 40.3 Å². The second kappa shape index (κ2) is 7.91. The number of nitrogens with zero attached hydrogens (tertiary/aromatic N) is 2. The first-order valence-corrected chi connectivity index (χ1v) is 8.70. The van der Waals surface area contributed by atoms with Crippen molar-refractivity contribution in [2.75, 3.05) is 7.11 Å². The first-order chi connectivity index (χ1) is 11.7. The van der Waals surface area contributed by atoms with Gasteiger partial charge in [0.1, 0.15) is 6.04 Å². The van der Waals surface area contributed by atoms with E-state index in [1.54, 1.807) is 0 Å². The van der Waals surface area contributed by atoms with Crippen molar-refractivity contribution in [1.29, 1.82) is 0 Å². The van der Waals surface area contributed by atoms with E-state index in [0.717, 1.165) is 6.42 Å². The normalized spacial score (nSPS) is 24.1. The van der Waals surface area contributed by atoms with Crippen LogP contribution in [-0.4, -0.2) is 48.7 Å². The predicted molar refractivity (Wildman–Crippen MR) is 103 cm³/mol. The first kappa shape index (κ1) is 19.3. The van der Waals surface area contributed by atoms with E-state index in [9.17, 15) is 4.79 Å². The van der Waals surface area contributed by atoms with Crippen molar-refractivity contribution in [3.8, 4) is 0 Å². The van der Waals surface area contributed by atoms with Crippen LogP contribution in [0, 0.1) is 0 Å². The number of esters is 1. The van der Waals surface area contributed by atoms with E-state index in [1.807, 2.05) is 51.4 Å². The third kappa shape index (κ3) is 6.09. The summed E-state index contributed by atoms with van der Waals surface area (Å²) in [7, 11) is 1.41. The lowest BCUT2D eigenvalue weighted by atomic mass is 9.93. The second-order valence-corrected chi connectivity index (χ2v) is 7.85. The van der Waals surface area contributed by atoms with Crippen LogP contribution in [-0.2, 0) is 16.0 Å². The summed E-state index contributed by atoms with van der Waals surface area (Å²) in [5.74, 6) is -0.267. The molecule has 1 aromatic carbocycles. The SMILES string of the molecule is COC(=O)C(CC1C=NC(C)(Cc2ccccc2)C=N1)NC(C)(C)C. The smallest absolute Gasteiger partial charge is 0.322 e. The summed E-state index contributed by atoms with van der Waals surface area (Å²) in [5, 5.41) is 3.30. The number of benzene rings is 1. The van der Waals surface area contributed by atoms with Crippen LogP contribution in [0.2, 0.25) is 0 Å². The van der Waals surface area contributed by atoms with Gasteiger partial charge in [-0.2, -0.15) is 0 Å². The first-order valence-electron chi connectivity index (χ1n) is 8.70. The monoisotopic (exact) mass is 343 g/mol. The van der Waals surface area contributed by atoms with E-state index >= 15 is 0 Å². The third-order valence-electron chi connectivity index (χ3n) is 4.06. The summed E-state index contributed by atoms with van der Waals surface area (Å²) < 4.78 is 4.92. The van der Waals surface area contributed by atoms with Crippen LogP contribution >= 0.6 is 0 Å². The van der Waals surface area contributed by atoms with Gasteiger partial charge in [0.05, 0.1) is 18.7 Å². The number of carbonyl (C=O) groups is 1. The minimum atomic E-state index is -0.405. The van der Waals surface area contributed by atoms with Crippen LogP contribution in [0.1, 0.15) is 39.7 Å². The van der Waals surface area contributed by atoms with Crippen LogP contribution in [0.25, 0.3) is 0 Å². The fraction of sp³-hybridized carbons (Fsp3) is 0.550. The maximum Gasteiger partial charge on any atom is 0.322 e. The highest BCUT2D eigenvalue weighted by Gasteiger charge is 2.30. The van der Waals surface area contributed by atoms with Crippen molar-refractivity contribution < 1.29 is 9.53 Å². The molecule has 136 valence electrons. The predicted octanol–water partition coefficient (Wildman–Crippen LogP) is 2.83. The molecule has 1 aliphatic heterocycles. The molecule has 0 fully saturated rings. The molecule has 0 saturated carbocycles. The summed E-state index contributed by atoms with van der Waals surface area (Å²) in [6, 6.07) is 9.74. The summed E-state index contributed by atoms with van der Waals surface area (Å²) in [4.78, 5) is 21.4. The van der Waals surface area contributed by atoms with Gasteiger partial charge in [-0.1, -0.05) is 30.3 Å². The van der Waals surface area contributed by atoms with E-state index in [-0.39, 0.29) is 23.1 Å². The molecule has 0 bridgehead atoms. The molecular formula is C20H29N3O2. The zero-order valence-electron chi connectivity index (χ0n) is 15.8. The molecule has 1 aliphatic rings. The highest BCUT2D eigenvalue weighted by molar-refractivity contribution is 5.83. The molecule has 0 saturated heterocycles. The fourth-order valence-electron chi connectivity index (χ4n) is 2.93. The van der Waals surface area contributed by atoms with E-state index in [2.05, 4.69) is 29.4 Å². The van der Waals surface area contributed by atoms with Crippen LogP contribution in [0.3, 0.4) is 0 Å². The van der Waals surface area contributed by atoms with Gasteiger partial charge < -0.3 is 4.74 Å². The Labute approximate surface area is 150 Å². The molecule has 0 aromatic heterocycles. The van der Waals surface area contributed by atoms with Crippen molar-refractivity contribution in [2.24, 2.45) is 9.98 Å². The van der Waals surface area contributed by atoms with Crippen molar-refractivity contribution in [1.82, 2.24) is 5.32 Å². The largest absolute Gasteiger partial charge is 0.468 e. The van der Waals surface area contributed by atoms with Crippen LogP contribution < -0.4 is 5.32 Å². The van der Waals surface area contributed by atoms with E-state index < -0.39 is 6.04 Å². The molecule has 2 rings (SSSR count). The summed E-state index contributed by atoms with van der Waals surface area (Å²) in [6.45, 7) is 8.15. The van der Waals surface area contributed by atoms with Crippen molar-refractivity contribution >= 4 is 18.4 Å². The summed E-state index contributed by atoms with van der Waals surface area (Å²) in [5.41, 5.74) is 0.709. The number of hydrogen-bond acceptors (Lipinski definition) is 5. The molecule has 1 N–H and O–H groups in total. The molecule has 0 amide bonds. The van der Waals surface area contributed by atoms with Gasteiger partial charge in [-0.25, -0.2) is 0 Å². The highest BCUT2D eigenvalue weighted by atomic mass is 16.5. The molecule has 5 nitrogen and oxygen atoms in total. The molecule has 1 aromatic rings. The summed E-state index contributed by atoms with van der Waals surface area (Å²) >= 11 is 0. The molecule has 1 heterocycles. The molecule has 0 radical (unpaired) electrons. The average Bonchev–Trinajstić information content (AvgIpc) is 2.55. The maximum absolute atomic E-state index is 12.1. The highest BCUT2D eigenvalue weighted by Crippen LogP contribution is 2.20. The lowest BCUT2D eigenvalue weighted by Crippen LogP contribution is -2.50. The average molecular weight is 343 g/mol.